The largest absolute Gasteiger partial charge is 0.510 e. The predicted octanol–water partition coefficient (Wildman–Crippen LogP) is 0.657. The van der Waals surface area contributed by atoms with E-state index in [0.29, 0.717) is 11.3 Å². The summed E-state index contributed by atoms with van der Waals surface area (Å²) >= 11 is 4.52. The number of fused-ring (bicyclic) bond motifs is 3. The first-order valence-electron chi connectivity index (χ1n) is 11.1. The quantitative estimate of drug-likeness (QED) is 0.256. The Labute approximate surface area is 207 Å². The molecule has 1 aromatic carbocycles. The van der Waals surface area contributed by atoms with E-state index in [9.17, 15) is 34.8 Å². The number of carbonyl (C=O) groups excluding carboxylic acids is 3. The number of thiol groups is 1. The van der Waals surface area contributed by atoms with Crippen molar-refractivity contribution >= 4 is 35.8 Å². The van der Waals surface area contributed by atoms with Gasteiger partial charge in [-0.25, -0.2) is 0 Å². The number of hydrogen-bond acceptors (Lipinski definition) is 10. The van der Waals surface area contributed by atoms with Crippen molar-refractivity contribution in [3.05, 3.63) is 45.9 Å². The fourth-order valence-corrected chi connectivity index (χ4v) is 6.47. The van der Waals surface area contributed by atoms with Gasteiger partial charge in [0.2, 0.25) is 5.78 Å². The molecule has 5 atom stereocenters. The Morgan fingerprint density at radius 1 is 1.17 bits per heavy atom. The number of aliphatic hydroxyl groups is 3. The summed E-state index contributed by atoms with van der Waals surface area (Å²) in [6, 6.07) is 2.02. The molecule has 0 spiro atoms. The fraction of sp³-hybridized carbons (Fsp3) is 0.458. The topological polar surface area (TPSA) is 165 Å². The van der Waals surface area contributed by atoms with E-state index in [-0.39, 0.29) is 29.1 Å². The highest BCUT2D eigenvalue weighted by Crippen LogP contribution is 2.56. The summed E-state index contributed by atoms with van der Waals surface area (Å²) < 4.78 is 0. The van der Waals surface area contributed by atoms with Gasteiger partial charge in [0.05, 0.1) is 11.6 Å². The van der Waals surface area contributed by atoms with Gasteiger partial charge in [-0.05, 0) is 49.9 Å². The minimum Gasteiger partial charge on any atom is -0.510 e. The van der Waals surface area contributed by atoms with E-state index in [1.54, 1.807) is 39.2 Å². The second kappa shape index (κ2) is 8.28. The molecule has 10 nitrogen and oxygen atoms in total. The number of nitrogens with two attached hydrogens (primary N) is 1. The first kappa shape index (κ1) is 25.1. The lowest BCUT2D eigenvalue weighted by atomic mass is 9.56. The van der Waals surface area contributed by atoms with Gasteiger partial charge >= 0.3 is 0 Å². The normalized spacial score (nSPS) is 30.3. The van der Waals surface area contributed by atoms with Crippen LogP contribution in [0.1, 0.15) is 28.3 Å². The summed E-state index contributed by atoms with van der Waals surface area (Å²) in [5.41, 5.74) is 2.87. The number of phenolic OH excluding ortho intramolecular Hbond substituents is 1. The van der Waals surface area contributed by atoms with E-state index < -0.39 is 64.0 Å². The summed E-state index contributed by atoms with van der Waals surface area (Å²) in [7, 11) is 6.77. The molecule has 3 aliphatic carbocycles. The van der Waals surface area contributed by atoms with Gasteiger partial charge in [0.1, 0.15) is 22.8 Å². The minimum absolute atomic E-state index is 0.0134. The van der Waals surface area contributed by atoms with Gasteiger partial charge in [-0.15, -0.1) is 0 Å². The second-order valence-corrected chi connectivity index (χ2v) is 10.1. The molecule has 4 rings (SSSR count). The Bertz CT molecular complexity index is 1220. The summed E-state index contributed by atoms with van der Waals surface area (Å²) in [5.74, 6) is -7.04. The number of aromatic hydroxyl groups is 1. The number of allylic oxidation sites excluding steroid dienone is 1. The highest BCUT2D eigenvalue weighted by Gasteiger charge is 2.64. The fourth-order valence-electron chi connectivity index (χ4n) is 6.04. The third-order valence-corrected chi connectivity index (χ3v) is 7.93. The van der Waals surface area contributed by atoms with Crippen LogP contribution in [-0.4, -0.2) is 88.4 Å². The Hall–Kier alpha value is -3.02. The molecule has 11 heteroatoms. The zero-order valence-electron chi connectivity index (χ0n) is 19.8. The van der Waals surface area contributed by atoms with E-state index >= 15 is 0 Å². The lowest BCUT2D eigenvalue weighted by Gasteiger charge is -2.51. The molecule has 0 radical (unpaired) electrons. The number of rotatable bonds is 4. The van der Waals surface area contributed by atoms with Gasteiger partial charge < -0.3 is 31.1 Å². The highest BCUT2D eigenvalue weighted by molar-refractivity contribution is 7.80. The highest BCUT2D eigenvalue weighted by atomic mass is 32.1. The SMILES string of the molecule is CN(C)c1ccc(O)c2c1[C@H](CS)[C@H]1C[C@H]3[C@H](N(C)C)C(O)=C(C(N)=O)C(=O)[C@@]3(O)C(O)=C1C2=O. The van der Waals surface area contributed by atoms with E-state index in [1.807, 2.05) is 0 Å². The molecule has 0 fully saturated rings. The Balaban J connectivity index is 2.05. The van der Waals surface area contributed by atoms with E-state index in [0.717, 1.165) is 0 Å². The lowest BCUT2D eigenvalue weighted by Crippen LogP contribution is -2.64. The standard InChI is InChI=1S/C24H29N3O7S/c1-26(2)12-5-6-13(28)16-14(12)10(8-35)9-7-11-18(27(3)4)20(30)17(23(25)33)22(32)24(11,34)21(31)15(9)19(16)29/h5-6,9-11,18,28,30-31,34-35H,7-8H2,1-4H3,(H2,25,33)/t9-,10-,11+,18+,24+/m1/s1. The summed E-state index contributed by atoms with van der Waals surface area (Å²) in [6.45, 7) is 0. The zero-order valence-corrected chi connectivity index (χ0v) is 20.7. The van der Waals surface area contributed by atoms with Gasteiger partial charge in [-0.1, -0.05) is 0 Å². The molecule has 3 aliphatic rings. The van der Waals surface area contributed by atoms with Crippen LogP contribution in [0.25, 0.3) is 0 Å². The van der Waals surface area contributed by atoms with Crippen LogP contribution in [0.3, 0.4) is 0 Å². The Morgan fingerprint density at radius 3 is 2.31 bits per heavy atom. The number of primary amides is 1. The van der Waals surface area contributed by atoms with Crippen molar-refractivity contribution in [2.75, 3.05) is 38.8 Å². The van der Waals surface area contributed by atoms with Crippen LogP contribution in [0.2, 0.25) is 0 Å². The van der Waals surface area contributed by atoms with E-state index in [1.165, 1.54) is 11.0 Å². The number of phenols is 1. The molecule has 1 amide bonds. The Morgan fingerprint density at radius 2 is 1.80 bits per heavy atom. The summed E-state index contributed by atoms with van der Waals surface area (Å²) in [5, 5.41) is 44.5. The zero-order chi connectivity index (χ0) is 26.1. The van der Waals surface area contributed by atoms with Crippen molar-refractivity contribution in [3.8, 4) is 5.75 Å². The van der Waals surface area contributed by atoms with Gasteiger partial charge in [0, 0.05) is 37.2 Å². The average Bonchev–Trinajstić information content (AvgIpc) is 2.75. The molecule has 0 bridgehead atoms. The molecule has 6 N–H and O–H groups in total. The van der Waals surface area contributed by atoms with Crippen LogP contribution in [0.5, 0.6) is 5.75 Å². The molecular formula is C24H29N3O7S. The van der Waals surface area contributed by atoms with Crippen molar-refractivity contribution in [1.82, 2.24) is 4.90 Å². The molecule has 0 saturated heterocycles. The van der Waals surface area contributed by atoms with E-state index in [4.69, 9.17) is 5.73 Å². The van der Waals surface area contributed by atoms with Crippen LogP contribution < -0.4 is 10.6 Å². The molecule has 0 saturated carbocycles. The number of nitrogens with zero attached hydrogens (tertiary/aromatic N) is 2. The summed E-state index contributed by atoms with van der Waals surface area (Å²) in [6.07, 6.45) is 0.0134. The Kier molecular flexibility index (Phi) is 5.94. The summed E-state index contributed by atoms with van der Waals surface area (Å²) in [4.78, 5) is 42.4. The third kappa shape index (κ3) is 3.21. The smallest absolute Gasteiger partial charge is 0.255 e. The maximum absolute atomic E-state index is 13.7. The van der Waals surface area contributed by atoms with Gasteiger partial charge in [0.15, 0.2) is 11.4 Å². The van der Waals surface area contributed by atoms with Crippen LogP contribution in [0, 0.1) is 11.8 Å². The van der Waals surface area contributed by atoms with Gasteiger partial charge in [0.25, 0.3) is 5.91 Å². The maximum Gasteiger partial charge on any atom is 0.255 e. The molecule has 188 valence electrons. The number of ketones is 2. The van der Waals surface area contributed by atoms with Crippen LogP contribution in [-0.2, 0) is 9.59 Å². The van der Waals surface area contributed by atoms with Crippen molar-refractivity contribution in [2.45, 2.75) is 24.0 Å². The van der Waals surface area contributed by atoms with Crippen LogP contribution in [0.15, 0.2) is 34.8 Å². The molecule has 35 heavy (non-hydrogen) atoms. The van der Waals surface area contributed by atoms with Gasteiger partial charge in [-0.3, -0.25) is 19.3 Å². The number of Topliss-reactive ketones (excluding diaryl/α,β-unsaturated/α-hetero) is 2. The molecule has 0 unspecified atom stereocenters. The molecule has 0 aromatic heterocycles. The minimum atomic E-state index is -2.67. The molecular weight excluding hydrogens is 474 g/mol. The first-order valence-corrected chi connectivity index (χ1v) is 11.7. The number of anilines is 1. The van der Waals surface area contributed by atoms with Crippen LogP contribution >= 0.6 is 12.6 Å². The monoisotopic (exact) mass is 503 g/mol. The first-order chi connectivity index (χ1) is 16.3. The maximum atomic E-state index is 13.7. The molecule has 1 aromatic rings. The van der Waals surface area contributed by atoms with Gasteiger partial charge in [-0.2, -0.15) is 12.6 Å². The third-order valence-electron chi connectivity index (χ3n) is 7.53. The van der Waals surface area contributed by atoms with Crippen molar-refractivity contribution in [3.63, 3.8) is 0 Å². The number of aliphatic hydroxyl groups excluding tert-OH is 2. The van der Waals surface area contributed by atoms with Crippen LogP contribution in [0.4, 0.5) is 5.69 Å². The number of likely N-dealkylation sites (N-methyl/N-ethyl adjacent to an activating group) is 1. The number of benzene rings is 1. The van der Waals surface area contributed by atoms with Crippen molar-refractivity contribution < 1.29 is 34.8 Å². The molecule has 0 heterocycles. The van der Waals surface area contributed by atoms with Crippen molar-refractivity contribution in [1.29, 1.82) is 0 Å². The number of amides is 1. The average molecular weight is 504 g/mol. The van der Waals surface area contributed by atoms with Crippen molar-refractivity contribution in [2.24, 2.45) is 17.6 Å². The van der Waals surface area contributed by atoms with E-state index in [2.05, 4.69) is 12.6 Å². The second-order valence-electron chi connectivity index (χ2n) is 9.74. The lowest BCUT2D eigenvalue weighted by molar-refractivity contribution is -0.148. The molecule has 0 aliphatic heterocycles. The number of carbonyl (C=O) groups is 3. The predicted molar refractivity (Wildman–Crippen MR) is 131 cm³/mol. The number of hydrogen-bond donors (Lipinski definition) is 6.